The van der Waals surface area contributed by atoms with Crippen molar-refractivity contribution < 1.29 is 19.1 Å². The number of ether oxygens (including phenoxy) is 1. The van der Waals surface area contributed by atoms with Crippen molar-refractivity contribution in [2.24, 2.45) is 0 Å². The van der Waals surface area contributed by atoms with E-state index >= 15 is 0 Å². The number of hydrogen-bond acceptors (Lipinski definition) is 4. The van der Waals surface area contributed by atoms with E-state index < -0.39 is 6.03 Å². The van der Waals surface area contributed by atoms with Crippen LogP contribution >= 0.6 is 0 Å². The van der Waals surface area contributed by atoms with Crippen molar-refractivity contribution in [3.8, 4) is 5.75 Å². The van der Waals surface area contributed by atoms with E-state index in [1.54, 1.807) is 42.3 Å². The van der Waals surface area contributed by atoms with E-state index in [0.29, 0.717) is 23.7 Å². The van der Waals surface area contributed by atoms with Gasteiger partial charge in [0.1, 0.15) is 5.75 Å². The molecular weight excluding hydrogens is 360 g/mol. The third-order valence-electron chi connectivity index (χ3n) is 4.29. The van der Waals surface area contributed by atoms with E-state index in [1.165, 1.54) is 6.92 Å². The summed E-state index contributed by atoms with van der Waals surface area (Å²) in [7, 11) is 1.57. The number of hydrogen-bond donors (Lipinski definition) is 3. The molecule has 1 heterocycles. The predicted molar refractivity (Wildman–Crippen MR) is 107 cm³/mol. The lowest BCUT2D eigenvalue weighted by Crippen LogP contribution is -2.39. The van der Waals surface area contributed by atoms with Crippen LogP contribution in [0.4, 0.5) is 21.9 Å². The summed E-state index contributed by atoms with van der Waals surface area (Å²) >= 11 is 0. The average Bonchev–Trinajstić information content (AvgIpc) is 3.03. The molecule has 0 spiro atoms. The van der Waals surface area contributed by atoms with E-state index in [0.717, 1.165) is 5.69 Å². The zero-order valence-electron chi connectivity index (χ0n) is 15.7. The van der Waals surface area contributed by atoms with Crippen LogP contribution in [-0.2, 0) is 9.59 Å². The summed E-state index contributed by atoms with van der Waals surface area (Å²) < 4.78 is 5.20. The Balaban J connectivity index is 1.56. The van der Waals surface area contributed by atoms with Gasteiger partial charge in [-0.25, -0.2) is 4.79 Å². The van der Waals surface area contributed by atoms with Gasteiger partial charge in [0.05, 0.1) is 13.2 Å². The highest BCUT2D eigenvalue weighted by atomic mass is 16.5. The smallest absolute Gasteiger partial charge is 0.319 e. The molecule has 0 bridgehead atoms. The van der Waals surface area contributed by atoms with Gasteiger partial charge in [0.2, 0.25) is 11.8 Å². The lowest BCUT2D eigenvalue weighted by atomic mass is 10.2. The second kappa shape index (κ2) is 8.43. The zero-order valence-corrected chi connectivity index (χ0v) is 15.7. The fourth-order valence-corrected chi connectivity index (χ4v) is 3.02. The Bertz CT molecular complexity index is 882. The summed E-state index contributed by atoms with van der Waals surface area (Å²) in [6, 6.07) is 13.3. The summed E-state index contributed by atoms with van der Waals surface area (Å²) in [4.78, 5) is 37.2. The molecule has 4 amide bonds. The van der Waals surface area contributed by atoms with Crippen molar-refractivity contribution in [2.75, 3.05) is 29.2 Å². The summed E-state index contributed by atoms with van der Waals surface area (Å²) in [6.07, 6.45) is 0.228. The number of nitrogens with one attached hydrogen (secondary N) is 3. The minimum atomic E-state index is -0.391. The minimum Gasteiger partial charge on any atom is -0.497 e. The highest BCUT2D eigenvalue weighted by molar-refractivity contribution is 5.98. The Kier molecular flexibility index (Phi) is 5.78. The number of urea groups is 1. The number of carbonyl (C=O) groups is 3. The average molecular weight is 382 g/mol. The van der Waals surface area contributed by atoms with Crippen molar-refractivity contribution in [2.45, 2.75) is 19.4 Å². The van der Waals surface area contributed by atoms with Crippen molar-refractivity contribution in [3.63, 3.8) is 0 Å². The fraction of sp³-hybridized carbons (Fsp3) is 0.250. The highest BCUT2D eigenvalue weighted by Crippen LogP contribution is 2.25. The monoisotopic (exact) mass is 382 g/mol. The summed E-state index contributed by atoms with van der Waals surface area (Å²) in [5, 5.41) is 8.20. The van der Waals surface area contributed by atoms with Gasteiger partial charge >= 0.3 is 6.03 Å². The molecule has 1 aliphatic rings. The zero-order chi connectivity index (χ0) is 20.1. The number of anilines is 3. The van der Waals surface area contributed by atoms with Crippen molar-refractivity contribution in [1.82, 2.24) is 5.32 Å². The van der Waals surface area contributed by atoms with Gasteiger partial charge < -0.3 is 25.6 Å². The molecule has 0 saturated carbocycles. The molecule has 28 heavy (non-hydrogen) atoms. The van der Waals surface area contributed by atoms with Crippen molar-refractivity contribution in [1.29, 1.82) is 0 Å². The summed E-state index contributed by atoms with van der Waals surface area (Å²) in [5.41, 5.74) is 1.97. The van der Waals surface area contributed by atoms with E-state index in [4.69, 9.17) is 4.74 Å². The molecule has 1 aliphatic heterocycles. The van der Waals surface area contributed by atoms with Crippen LogP contribution in [0.25, 0.3) is 0 Å². The molecule has 8 heteroatoms. The molecule has 3 rings (SSSR count). The third kappa shape index (κ3) is 4.79. The van der Waals surface area contributed by atoms with Crippen LogP contribution in [0.1, 0.15) is 13.3 Å². The molecule has 2 aromatic rings. The Morgan fingerprint density at radius 2 is 1.75 bits per heavy atom. The molecule has 2 aromatic carbocycles. The van der Waals surface area contributed by atoms with Crippen LogP contribution in [-0.4, -0.2) is 37.5 Å². The molecular formula is C20H22N4O4. The first-order chi connectivity index (χ1) is 13.4. The maximum absolute atomic E-state index is 12.3. The van der Waals surface area contributed by atoms with Crippen LogP contribution in [0.2, 0.25) is 0 Å². The standard InChI is InChI=1S/C20H22N4O4/c1-13(25)21-14-6-8-15(9-7-14)22-20(27)23-16-10-19(26)24(12-16)17-4-3-5-18(11-17)28-2/h3-9,11,16H,10,12H2,1-2H3,(H,21,25)(H2,22,23,27)/t16-/m1/s1. The third-order valence-corrected chi connectivity index (χ3v) is 4.29. The van der Waals surface area contributed by atoms with Crippen LogP contribution in [0.5, 0.6) is 5.75 Å². The van der Waals surface area contributed by atoms with Crippen molar-refractivity contribution in [3.05, 3.63) is 48.5 Å². The molecule has 0 aliphatic carbocycles. The number of rotatable bonds is 5. The Labute approximate surface area is 162 Å². The molecule has 3 N–H and O–H groups in total. The predicted octanol–water partition coefficient (Wildman–Crippen LogP) is 2.58. The van der Waals surface area contributed by atoms with E-state index in [2.05, 4.69) is 16.0 Å². The number of benzene rings is 2. The second-order valence-corrected chi connectivity index (χ2v) is 6.46. The van der Waals surface area contributed by atoms with Crippen LogP contribution in [0.3, 0.4) is 0 Å². The van der Waals surface area contributed by atoms with Crippen molar-refractivity contribution >= 4 is 34.9 Å². The maximum Gasteiger partial charge on any atom is 0.319 e. The largest absolute Gasteiger partial charge is 0.497 e. The topological polar surface area (TPSA) is 99.8 Å². The van der Waals surface area contributed by atoms with E-state index in [1.807, 2.05) is 18.2 Å². The molecule has 146 valence electrons. The highest BCUT2D eigenvalue weighted by Gasteiger charge is 2.31. The Morgan fingerprint density at radius 1 is 1.07 bits per heavy atom. The van der Waals surface area contributed by atoms with Gasteiger partial charge in [-0.2, -0.15) is 0 Å². The Morgan fingerprint density at radius 3 is 2.39 bits per heavy atom. The molecule has 1 atom stereocenters. The van der Waals surface area contributed by atoms with E-state index in [-0.39, 0.29) is 24.3 Å². The first-order valence-corrected chi connectivity index (χ1v) is 8.84. The first-order valence-electron chi connectivity index (χ1n) is 8.84. The van der Waals surface area contributed by atoms with Crippen LogP contribution in [0.15, 0.2) is 48.5 Å². The van der Waals surface area contributed by atoms with Crippen LogP contribution < -0.4 is 25.6 Å². The summed E-state index contributed by atoms with van der Waals surface area (Å²) in [6.45, 7) is 1.82. The normalized spacial score (nSPS) is 15.9. The fourth-order valence-electron chi connectivity index (χ4n) is 3.02. The number of nitrogens with zero attached hydrogens (tertiary/aromatic N) is 1. The lowest BCUT2D eigenvalue weighted by Gasteiger charge is -2.18. The van der Waals surface area contributed by atoms with Gasteiger partial charge in [-0.05, 0) is 36.4 Å². The number of carbonyl (C=O) groups excluding carboxylic acids is 3. The van der Waals surface area contributed by atoms with Gasteiger partial charge in [-0.3, -0.25) is 9.59 Å². The summed E-state index contributed by atoms with van der Waals surface area (Å²) in [5.74, 6) is 0.449. The molecule has 8 nitrogen and oxygen atoms in total. The second-order valence-electron chi connectivity index (χ2n) is 6.46. The first kappa shape index (κ1) is 19.2. The Hall–Kier alpha value is -3.55. The SMILES string of the molecule is COc1cccc(N2C[C@H](NC(=O)Nc3ccc(NC(C)=O)cc3)CC2=O)c1. The lowest BCUT2D eigenvalue weighted by molar-refractivity contribution is -0.117. The van der Waals surface area contributed by atoms with Gasteiger partial charge in [0, 0.05) is 43.0 Å². The minimum absolute atomic E-state index is 0.0572. The van der Waals surface area contributed by atoms with Gasteiger partial charge in [-0.1, -0.05) is 6.07 Å². The van der Waals surface area contributed by atoms with Gasteiger partial charge in [0.25, 0.3) is 0 Å². The molecule has 1 saturated heterocycles. The molecule has 0 aromatic heterocycles. The number of amides is 4. The molecule has 1 fully saturated rings. The van der Waals surface area contributed by atoms with E-state index in [9.17, 15) is 14.4 Å². The van der Waals surface area contributed by atoms with Gasteiger partial charge in [-0.15, -0.1) is 0 Å². The molecule has 0 unspecified atom stereocenters. The van der Waals surface area contributed by atoms with Gasteiger partial charge in [0.15, 0.2) is 0 Å². The van der Waals surface area contributed by atoms with Crippen LogP contribution in [0, 0.1) is 0 Å². The number of methoxy groups -OCH3 is 1. The molecule has 0 radical (unpaired) electrons. The maximum atomic E-state index is 12.3. The quantitative estimate of drug-likeness (QED) is 0.740.